The lowest BCUT2D eigenvalue weighted by Gasteiger charge is -2.05. The van der Waals surface area contributed by atoms with Gasteiger partial charge >= 0.3 is 0 Å². The molecule has 0 aliphatic heterocycles. The molecule has 0 fully saturated rings. The molecule has 0 atom stereocenters. The van der Waals surface area contributed by atoms with E-state index in [-0.39, 0.29) is 12.4 Å². The number of pyridine rings is 1. The molecule has 0 aliphatic rings. The molecular formula is C15H13N3O3. The molecule has 3 rings (SSSR count). The number of benzene rings is 1. The Morgan fingerprint density at radius 1 is 1.29 bits per heavy atom. The Kier molecular flexibility index (Phi) is 3.37. The van der Waals surface area contributed by atoms with Crippen LogP contribution in [0.25, 0.3) is 16.9 Å². The van der Waals surface area contributed by atoms with E-state index in [9.17, 15) is 10.0 Å². The number of aliphatic hydroxyl groups excluding tert-OH is 1. The molecule has 0 saturated carbocycles. The Bertz CT molecular complexity index is 811. The third-order valence-corrected chi connectivity index (χ3v) is 3.32. The lowest BCUT2D eigenvalue weighted by molar-refractivity contribution is 0.282. The fourth-order valence-corrected chi connectivity index (χ4v) is 2.34. The number of fused-ring (bicyclic) bond motifs is 1. The van der Waals surface area contributed by atoms with Crippen molar-refractivity contribution < 1.29 is 9.84 Å². The fourth-order valence-electron chi connectivity index (χ4n) is 2.34. The summed E-state index contributed by atoms with van der Waals surface area (Å²) in [6, 6.07) is 10.8. The highest BCUT2D eigenvalue weighted by molar-refractivity contribution is 5.79. The van der Waals surface area contributed by atoms with Crippen LogP contribution in [0.1, 0.15) is 5.56 Å². The van der Waals surface area contributed by atoms with Crippen molar-refractivity contribution in [2.45, 2.75) is 6.61 Å². The third-order valence-electron chi connectivity index (χ3n) is 3.32. The summed E-state index contributed by atoms with van der Waals surface area (Å²) in [5, 5.41) is 12.5. The molecule has 2 heterocycles. The number of ether oxygens (including phenoxy) is 1. The zero-order valence-electron chi connectivity index (χ0n) is 11.4. The Labute approximate surface area is 120 Å². The summed E-state index contributed by atoms with van der Waals surface area (Å²) < 4.78 is 6.88. The van der Waals surface area contributed by atoms with Crippen LogP contribution in [0.5, 0.6) is 5.75 Å². The topological polar surface area (TPSA) is 76.2 Å². The highest BCUT2D eigenvalue weighted by Gasteiger charge is 2.19. The molecule has 0 radical (unpaired) electrons. The minimum absolute atomic E-state index is 0.162. The van der Waals surface area contributed by atoms with Crippen molar-refractivity contribution >= 4 is 11.5 Å². The highest BCUT2D eigenvalue weighted by Crippen LogP contribution is 2.36. The van der Waals surface area contributed by atoms with Crippen LogP contribution < -0.4 is 4.74 Å². The zero-order chi connectivity index (χ0) is 14.8. The van der Waals surface area contributed by atoms with E-state index in [1.807, 2.05) is 18.2 Å². The first kappa shape index (κ1) is 13.3. The van der Waals surface area contributed by atoms with Crippen molar-refractivity contribution in [2.24, 2.45) is 5.18 Å². The van der Waals surface area contributed by atoms with Gasteiger partial charge in [-0.15, -0.1) is 4.91 Å². The van der Waals surface area contributed by atoms with Gasteiger partial charge in [0.2, 0.25) is 5.82 Å². The van der Waals surface area contributed by atoms with E-state index in [0.29, 0.717) is 28.2 Å². The first-order valence-corrected chi connectivity index (χ1v) is 6.37. The second kappa shape index (κ2) is 5.34. The van der Waals surface area contributed by atoms with Crippen LogP contribution in [0, 0.1) is 4.91 Å². The van der Waals surface area contributed by atoms with Gasteiger partial charge in [0.1, 0.15) is 17.1 Å². The van der Waals surface area contributed by atoms with Crippen molar-refractivity contribution in [2.75, 3.05) is 7.11 Å². The number of hydrogen-bond donors (Lipinski definition) is 1. The summed E-state index contributed by atoms with van der Waals surface area (Å²) >= 11 is 0. The lowest BCUT2D eigenvalue weighted by Crippen LogP contribution is -1.90. The molecule has 0 saturated heterocycles. The van der Waals surface area contributed by atoms with Gasteiger partial charge in [0.15, 0.2) is 0 Å². The maximum Gasteiger partial charge on any atom is 0.209 e. The molecule has 2 aromatic heterocycles. The first-order chi connectivity index (χ1) is 10.3. The van der Waals surface area contributed by atoms with Gasteiger partial charge in [-0.05, 0) is 23.4 Å². The summed E-state index contributed by atoms with van der Waals surface area (Å²) in [7, 11) is 1.56. The zero-order valence-corrected chi connectivity index (χ0v) is 11.4. The van der Waals surface area contributed by atoms with Gasteiger partial charge in [-0.1, -0.05) is 18.2 Å². The molecule has 6 heteroatoms. The van der Waals surface area contributed by atoms with E-state index in [2.05, 4.69) is 10.2 Å². The smallest absolute Gasteiger partial charge is 0.209 e. The molecule has 0 spiro atoms. The van der Waals surface area contributed by atoms with Gasteiger partial charge in [-0.2, -0.15) is 0 Å². The largest absolute Gasteiger partial charge is 0.496 e. The fraction of sp³-hybridized carbons (Fsp3) is 0.133. The van der Waals surface area contributed by atoms with Gasteiger partial charge in [-0.3, -0.25) is 4.40 Å². The molecule has 1 N–H and O–H groups in total. The number of nitroso groups, excluding NO2 is 1. The van der Waals surface area contributed by atoms with Crippen LogP contribution >= 0.6 is 0 Å². The van der Waals surface area contributed by atoms with Crippen LogP contribution in [-0.4, -0.2) is 21.6 Å². The van der Waals surface area contributed by atoms with Crippen LogP contribution in [0.15, 0.2) is 47.8 Å². The van der Waals surface area contributed by atoms with Crippen molar-refractivity contribution in [3.05, 3.63) is 53.1 Å². The Balaban J connectivity index is 2.35. The average Bonchev–Trinajstić information content (AvgIpc) is 2.93. The number of aromatic nitrogens is 2. The molecule has 106 valence electrons. The van der Waals surface area contributed by atoms with E-state index in [1.165, 1.54) is 0 Å². The van der Waals surface area contributed by atoms with Gasteiger partial charge in [0, 0.05) is 17.3 Å². The van der Waals surface area contributed by atoms with E-state index >= 15 is 0 Å². The molecule has 3 aromatic rings. The molecule has 0 unspecified atom stereocenters. The third kappa shape index (κ3) is 2.05. The predicted octanol–water partition coefficient (Wildman–Crippen LogP) is 2.90. The van der Waals surface area contributed by atoms with Crippen LogP contribution in [0.3, 0.4) is 0 Å². The van der Waals surface area contributed by atoms with E-state index in [1.54, 1.807) is 35.9 Å². The normalized spacial score (nSPS) is 10.8. The maximum atomic E-state index is 11.3. The second-order valence-corrected chi connectivity index (χ2v) is 4.46. The van der Waals surface area contributed by atoms with Crippen LogP contribution in [-0.2, 0) is 6.61 Å². The summed E-state index contributed by atoms with van der Waals surface area (Å²) in [5.74, 6) is 0.793. The highest BCUT2D eigenvalue weighted by atomic mass is 16.5. The van der Waals surface area contributed by atoms with Crippen molar-refractivity contribution in [1.82, 2.24) is 9.38 Å². The monoisotopic (exact) mass is 283 g/mol. The molecule has 0 bridgehead atoms. The van der Waals surface area contributed by atoms with Crippen LogP contribution in [0.4, 0.5) is 5.82 Å². The molecular weight excluding hydrogens is 270 g/mol. The minimum Gasteiger partial charge on any atom is -0.496 e. The Morgan fingerprint density at radius 3 is 2.81 bits per heavy atom. The quantitative estimate of drug-likeness (QED) is 0.747. The number of hydrogen-bond acceptors (Lipinski definition) is 5. The molecule has 0 amide bonds. The summed E-state index contributed by atoms with van der Waals surface area (Å²) in [5.41, 5.74) is 2.25. The molecule has 6 nitrogen and oxygen atoms in total. The summed E-state index contributed by atoms with van der Waals surface area (Å²) in [6.07, 6.45) is 1.69. The van der Waals surface area contributed by atoms with Crippen LogP contribution in [0.2, 0.25) is 0 Å². The summed E-state index contributed by atoms with van der Waals surface area (Å²) in [4.78, 5) is 15.7. The van der Waals surface area contributed by atoms with Crippen molar-refractivity contribution in [3.63, 3.8) is 0 Å². The number of imidazole rings is 1. The van der Waals surface area contributed by atoms with Gasteiger partial charge < -0.3 is 9.84 Å². The van der Waals surface area contributed by atoms with Crippen molar-refractivity contribution in [1.29, 1.82) is 0 Å². The Hall–Kier alpha value is -2.73. The van der Waals surface area contributed by atoms with Crippen molar-refractivity contribution in [3.8, 4) is 17.0 Å². The standard InChI is InChI=1S/C15H13N3O3/c1-21-12-7-3-2-6-11(12)13-15(17-20)18-8-4-5-10(9-19)14(18)16-13/h2-8,19H,9H2,1H3. The van der Waals surface area contributed by atoms with Gasteiger partial charge in [0.25, 0.3) is 0 Å². The number of rotatable bonds is 4. The van der Waals surface area contributed by atoms with Gasteiger partial charge in [0.05, 0.1) is 13.7 Å². The predicted molar refractivity (Wildman–Crippen MR) is 78.6 cm³/mol. The SMILES string of the molecule is COc1ccccc1-c1nc2c(CO)cccn2c1N=O. The number of aliphatic hydroxyl groups is 1. The second-order valence-electron chi connectivity index (χ2n) is 4.46. The van der Waals surface area contributed by atoms with E-state index in [4.69, 9.17) is 4.74 Å². The lowest BCUT2D eigenvalue weighted by atomic mass is 10.1. The Morgan fingerprint density at radius 2 is 2.10 bits per heavy atom. The van der Waals surface area contributed by atoms with E-state index < -0.39 is 0 Å². The number of nitrogens with zero attached hydrogens (tertiary/aromatic N) is 3. The minimum atomic E-state index is -0.162. The van der Waals surface area contributed by atoms with E-state index in [0.717, 1.165) is 0 Å². The molecule has 21 heavy (non-hydrogen) atoms. The average molecular weight is 283 g/mol. The molecule has 1 aromatic carbocycles. The maximum absolute atomic E-state index is 11.3. The number of methoxy groups -OCH3 is 1. The number of para-hydroxylation sites is 1. The molecule has 0 aliphatic carbocycles. The van der Waals surface area contributed by atoms with Gasteiger partial charge in [-0.25, -0.2) is 4.98 Å². The summed E-state index contributed by atoms with van der Waals surface area (Å²) in [6.45, 7) is -0.162. The first-order valence-electron chi connectivity index (χ1n) is 6.37.